The largest absolute Gasteiger partial charge is 0.489 e. The number of hydrogen-bond donors (Lipinski definition) is 1. The second-order valence-electron chi connectivity index (χ2n) is 8.13. The Labute approximate surface area is 169 Å². The predicted octanol–water partition coefficient (Wildman–Crippen LogP) is 6.15. The summed E-state index contributed by atoms with van der Waals surface area (Å²) in [5.74, 6) is 1.98. The zero-order valence-electron chi connectivity index (χ0n) is 17.5. The van der Waals surface area contributed by atoms with E-state index in [9.17, 15) is 0 Å². The first-order valence-corrected chi connectivity index (χ1v) is 10.7. The molecule has 28 heavy (non-hydrogen) atoms. The average Bonchev–Trinajstić information content (AvgIpc) is 3.19. The Hall–Kier alpha value is -2.42. The van der Waals surface area contributed by atoms with Crippen molar-refractivity contribution in [2.24, 2.45) is 5.92 Å². The van der Waals surface area contributed by atoms with Crippen LogP contribution in [0.2, 0.25) is 0 Å². The van der Waals surface area contributed by atoms with Crippen LogP contribution in [0.3, 0.4) is 0 Å². The van der Waals surface area contributed by atoms with E-state index in [1.165, 1.54) is 22.5 Å². The van der Waals surface area contributed by atoms with Crippen LogP contribution >= 0.6 is 0 Å². The Kier molecular flexibility index (Phi) is 5.34. The monoisotopic (exact) mass is 376 g/mol. The molecule has 0 saturated carbocycles. The number of benzene rings is 2. The van der Waals surface area contributed by atoms with Gasteiger partial charge in [0.25, 0.3) is 0 Å². The fourth-order valence-electron chi connectivity index (χ4n) is 4.76. The maximum atomic E-state index is 6.13. The molecule has 1 N–H and O–H groups in total. The summed E-state index contributed by atoms with van der Waals surface area (Å²) in [6.45, 7) is 10.7. The Morgan fingerprint density at radius 2 is 1.82 bits per heavy atom. The van der Waals surface area contributed by atoms with Gasteiger partial charge in [0, 0.05) is 24.7 Å². The molecule has 4 rings (SSSR count). The molecule has 0 saturated heterocycles. The highest BCUT2D eigenvalue weighted by atomic mass is 16.5. The van der Waals surface area contributed by atoms with E-state index in [4.69, 9.17) is 4.74 Å². The molecule has 0 aromatic heterocycles. The summed E-state index contributed by atoms with van der Waals surface area (Å²) in [6, 6.07) is 15.9. The molecule has 0 radical (unpaired) electrons. The molecule has 148 valence electrons. The summed E-state index contributed by atoms with van der Waals surface area (Å²) in [5.41, 5.74) is 5.20. The van der Waals surface area contributed by atoms with Crippen LogP contribution in [0.1, 0.15) is 57.2 Å². The SMILES string of the molecule is CCN(CC)c1ccc(C2Nc3c(OC(C)C)cccc3C3C=CCC32)cc1. The summed E-state index contributed by atoms with van der Waals surface area (Å²) >= 11 is 0. The first kappa shape index (κ1) is 18.9. The van der Waals surface area contributed by atoms with Crippen molar-refractivity contribution in [3.8, 4) is 5.75 Å². The number of anilines is 2. The second kappa shape index (κ2) is 7.90. The standard InChI is InChI=1S/C25H32N2O/c1-5-27(6-2)19-15-13-18(14-16-19)24-21-10-7-9-20(21)22-11-8-12-23(25(22)26-24)28-17(3)4/h7-9,11-17,20-21,24,26H,5-6,10H2,1-4H3. The fourth-order valence-corrected chi connectivity index (χ4v) is 4.76. The van der Waals surface area contributed by atoms with Gasteiger partial charge in [0.2, 0.25) is 0 Å². The zero-order chi connectivity index (χ0) is 19.7. The molecular weight excluding hydrogens is 344 g/mol. The van der Waals surface area contributed by atoms with E-state index < -0.39 is 0 Å². The van der Waals surface area contributed by atoms with Gasteiger partial charge in [0.05, 0.1) is 17.8 Å². The van der Waals surface area contributed by atoms with Crippen molar-refractivity contribution >= 4 is 11.4 Å². The number of allylic oxidation sites excluding steroid dienone is 2. The molecule has 3 nitrogen and oxygen atoms in total. The smallest absolute Gasteiger partial charge is 0.143 e. The molecule has 0 spiro atoms. The maximum absolute atomic E-state index is 6.13. The van der Waals surface area contributed by atoms with Gasteiger partial charge in [-0.3, -0.25) is 0 Å². The lowest BCUT2D eigenvalue weighted by Gasteiger charge is -2.38. The summed E-state index contributed by atoms with van der Waals surface area (Å²) in [7, 11) is 0. The van der Waals surface area contributed by atoms with E-state index in [0.717, 1.165) is 25.3 Å². The topological polar surface area (TPSA) is 24.5 Å². The molecule has 1 heterocycles. The van der Waals surface area contributed by atoms with Gasteiger partial charge >= 0.3 is 0 Å². The third-order valence-electron chi connectivity index (χ3n) is 6.10. The molecule has 1 aliphatic carbocycles. The van der Waals surface area contributed by atoms with E-state index in [1.54, 1.807) is 0 Å². The van der Waals surface area contributed by atoms with Crippen molar-refractivity contribution in [1.29, 1.82) is 0 Å². The molecule has 0 fully saturated rings. The van der Waals surface area contributed by atoms with Gasteiger partial charge in [0.15, 0.2) is 0 Å². The van der Waals surface area contributed by atoms with E-state index in [-0.39, 0.29) is 6.10 Å². The summed E-state index contributed by atoms with van der Waals surface area (Å²) < 4.78 is 6.13. The minimum Gasteiger partial charge on any atom is -0.489 e. The quantitative estimate of drug-likeness (QED) is 0.612. The van der Waals surface area contributed by atoms with Crippen molar-refractivity contribution in [2.75, 3.05) is 23.3 Å². The molecule has 3 heteroatoms. The normalized spacial score (nSPS) is 22.5. The number of nitrogens with one attached hydrogen (secondary N) is 1. The number of ether oxygens (including phenoxy) is 1. The van der Waals surface area contributed by atoms with Gasteiger partial charge in [-0.05, 0) is 69.4 Å². The van der Waals surface area contributed by atoms with Gasteiger partial charge < -0.3 is 15.0 Å². The fraction of sp³-hybridized carbons (Fsp3) is 0.440. The Morgan fingerprint density at radius 1 is 1.07 bits per heavy atom. The highest BCUT2D eigenvalue weighted by Crippen LogP contribution is 2.52. The molecule has 2 aromatic rings. The minimum absolute atomic E-state index is 0.164. The number of nitrogens with zero attached hydrogens (tertiary/aromatic N) is 1. The number of hydrogen-bond acceptors (Lipinski definition) is 3. The summed E-state index contributed by atoms with van der Waals surface area (Å²) in [6.07, 6.45) is 6.02. The molecule has 3 unspecified atom stereocenters. The lowest BCUT2D eigenvalue weighted by Crippen LogP contribution is -2.29. The van der Waals surface area contributed by atoms with Crippen LogP contribution in [0.25, 0.3) is 0 Å². The van der Waals surface area contributed by atoms with Crippen LogP contribution < -0.4 is 15.0 Å². The van der Waals surface area contributed by atoms with Crippen molar-refractivity contribution in [1.82, 2.24) is 0 Å². The van der Waals surface area contributed by atoms with Crippen LogP contribution in [0.5, 0.6) is 5.75 Å². The molecule has 1 aliphatic heterocycles. The first-order valence-electron chi connectivity index (χ1n) is 10.7. The van der Waals surface area contributed by atoms with Crippen molar-refractivity contribution < 1.29 is 4.74 Å². The van der Waals surface area contributed by atoms with Crippen LogP contribution in [-0.4, -0.2) is 19.2 Å². The zero-order valence-corrected chi connectivity index (χ0v) is 17.5. The molecule has 2 aliphatic rings. The first-order chi connectivity index (χ1) is 13.6. The molecular formula is C25H32N2O. The molecule has 0 amide bonds. The van der Waals surface area contributed by atoms with Crippen LogP contribution in [0.4, 0.5) is 11.4 Å². The summed E-state index contributed by atoms with van der Waals surface area (Å²) in [5, 5.41) is 3.86. The highest BCUT2D eigenvalue weighted by molar-refractivity contribution is 5.68. The van der Waals surface area contributed by atoms with Crippen molar-refractivity contribution in [3.63, 3.8) is 0 Å². The molecule has 0 bridgehead atoms. The summed E-state index contributed by atoms with van der Waals surface area (Å²) in [4.78, 5) is 2.39. The number of fused-ring (bicyclic) bond motifs is 3. The van der Waals surface area contributed by atoms with E-state index >= 15 is 0 Å². The lowest BCUT2D eigenvalue weighted by atomic mass is 9.77. The van der Waals surface area contributed by atoms with Crippen LogP contribution in [0.15, 0.2) is 54.6 Å². The Bertz CT molecular complexity index is 836. The highest BCUT2D eigenvalue weighted by Gasteiger charge is 2.39. The number of rotatable bonds is 6. The second-order valence-corrected chi connectivity index (χ2v) is 8.13. The predicted molar refractivity (Wildman–Crippen MR) is 119 cm³/mol. The lowest BCUT2D eigenvalue weighted by molar-refractivity contribution is 0.242. The molecule has 3 atom stereocenters. The molecule has 2 aromatic carbocycles. The van der Waals surface area contributed by atoms with Crippen molar-refractivity contribution in [2.45, 2.75) is 52.2 Å². The van der Waals surface area contributed by atoms with Crippen LogP contribution in [0, 0.1) is 5.92 Å². The van der Waals surface area contributed by atoms with Gasteiger partial charge in [-0.2, -0.15) is 0 Å². The maximum Gasteiger partial charge on any atom is 0.143 e. The van der Waals surface area contributed by atoms with E-state index in [1.807, 2.05) is 0 Å². The average molecular weight is 377 g/mol. The van der Waals surface area contributed by atoms with Gasteiger partial charge in [-0.25, -0.2) is 0 Å². The minimum atomic E-state index is 0.164. The number of para-hydroxylation sites is 1. The van der Waals surface area contributed by atoms with Crippen molar-refractivity contribution in [3.05, 3.63) is 65.7 Å². The Balaban J connectivity index is 1.68. The van der Waals surface area contributed by atoms with Gasteiger partial charge in [0.1, 0.15) is 5.75 Å². The van der Waals surface area contributed by atoms with Crippen LogP contribution in [-0.2, 0) is 0 Å². The third kappa shape index (κ3) is 3.39. The third-order valence-corrected chi connectivity index (χ3v) is 6.10. The van der Waals surface area contributed by atoms with E-state index in [0.29, 0.717) is 17.9 Å². The van der Waals surface area contributed by atoms with Gasteiger partial charge in [-0.1, -0.05) is 36.4 Å². The van der Waals surface area contributed by atoms with Gasteiger partial charge in [-0.15, -0.1) is 0 Å². The van der Waals surface area contributed by atoms with E-state index in [2.05, 4.69) is 92.5 Å². The Morgan fingerprint density at radius 3 is 2.50 bits per heavy atom.